The number of aromatic hydroxyl groups is 1. The van der Waals surface area contributed by atoms with Crippen LogP contribution in [0.2, 0.25) is 5.02 Å². The summed E-state index contributed by atoms with van der Waals surface area (Å²) in [5, 5.41) is 13.3. The summed E-state index contributed by atoms with van der Waals surface area (Å²) in [5.41, 5.74) is -1.21. The molecule has 1 aliphatic heterocycles. The molecule has 0 bridgehead atoms. The molecule has 0 radical (unpaired) electrons. The molecule has 3 atom stereocenters. The van der Waals surface area contributed by atoms with Crippen molar-refractivity contribution in [1.29, 1.82) is 0 Å². The van der Waals surface area contributed by atoms with Crippen LogP contribution < -0.4 is 10.7 Å². The molecular formula is C27H30ClFN2O5. The van der Waals surface area contributed by atoms with Gasteiger partial charge < -0.3 is 19.7 Å². The molecule has 0 saturated heterocycles. The van der Waals surface area contributed by atoms with Crippen molar-refractivity contribution in [2.75, 3.05) is 6.61 Å². The molecule has 3 unspecified atom stereocenters. The van der Waals surface area contributed by atoms with Gasteiger partial charge in [0.1, 0.15) is 17.1 Å². The maximum atomic E-state index is 14.2. The third-order valence-corrected chi connectivity index (χ3v) is 8.45. The van der Waals surface area contributed by atoms with Gasteiger partial charge in [-0.15, -0.1) is 0 Å². The lowest BCUT2D eigenvalue weighted by Gasteiger charge is -2.48. The standard InChI is InChI=1S/C27H30ClFN2O5/c1-3-6-16-19-20(16)27(9-15(10-27)36-4-2)13-31-12-17(23(32)25(34)22(31)24(19)33)26(35)30-11-14-7-5-8-18(28)21(14)29/h5,7-8,12,15-16,19-20,34H,3-4,6,9-11,13H2,1-2H3,(H,30,35)/t15-,16?,19?,20?,27+. The average molecular weight is 517 g/mol. The molecule has 7 nitrogen and oxygen atoms in total. The van der Waals surface area contributed by atoms with Gasteiger partial charge >= 0.3 is 0 Å². The zero-order valence-corrected chi connectivity index (χ0v) is 21.1. The van der Waals surface area contributed by atoms with E-state index in [2.05, 4.69) is 12.2 Å². The Morgan fingerprint density at radius 2 is 2.06 bits per heavy atom. The number of nitrogens with zero attached hydrogens (tertiary/aromatic N) is 1. The highest BCUT2D eigenvalue weighted by atomic mass is 35.5. The van der Waals surface area contributed by atoms with E-state index in [-0.39, 0.29) is 63.4 Å². The Labute approximate surface area is 213 Å². The fourth-order valence-electron chi connectivity index (χ4n) is 6.61. The minimum Gasteiger partial charge on any atom is -0.503 e. The summed E-state index contributed by atoms with van der Waals surface area (Å²) in [6.07, 6.45) is 4.98. The molecule has 2 saturated carbocycles. The maximum Gasteiger partial charge on any atom is 0.257 e. The van der Waals surface area contributed by atoms with E-state index in [9.17, 15) is 23.9 Å². The van der Waals surface area contributed by atoms with Gasteiger partial charge in [0, 0.05) is 37.4 Å². The highest BCUT2D eigenvalue weighted by Crippen LogP contribution is 2.68. The van der Waals surface area contributed by atoms with Crippen LogP contribution in [0.15, 0.2) is 29.2 Å². The fraction of sp³-hybridized carbons (Fsp3) is 0.519. The second kappa shape index (κ2) is 9.30. The molecule has 9 heteroatoms. The Bertz CT molecular complexity index is 1290. The predicted octanol–water partition coefficient (Wildman–Crippen LogP) is 4.32. The van der Waals surface area contributed by atoms with Crippen molar-refractivity contribution in [2.24, 2.45) is 23.2 Å². The van der Waals surface area contributed by atoms with Gasteiger partial charge in [0.25, 0.3) is 5.91 Å². The third-order valence-electron chi connectivity index (χ3n) is 8.16. The van der Waals surface area contributed by atoms with Crippen molar-refractivity contribution in [1.82, 2.24) is 9.88 Å². The summed E-state index contributed by atoms with van der Waals surface area (Å²) >= 11 is 5.81. The van der Waals surface area contributed by atoms with E-state index in [1.807, 2.05) is 6.92 Å². The maximum absolute atomic E-state index is 14.2. The summed E-state index contributed by atoms with van der Waals surface area (Å²) in [7, 11) is 0. The van der Waals surface area contributed by atoms with E-state index < -0.39 is 22.9 Å². The Balaban J connectivity index is 1.47. The number of pyridine rings is 1. The summed E-state index contributed by atoms with van der Waals surface area (Å²) in [4.78, 5) is 39.5. The number of fused-ring (bicyclic) bond motifs is 3. The minimum absolute atomic E-state index is 0.0113. The molecule has 1 aromatic heterocycles. The number of aromatic nitrogens is 1. The minimum atomic E-state index is -0.903. The van der Waals surface area contributed by atoms with Gasteiger partial charge in [-0.2, -0.15) is 0 Å². The highest BCUT2D eigenvalue weighted by molar-refractivity contribution is 6.30. The number of ether oxygens (including phenoxy) is 1. The van der Waals surface area contributed by atoms with Gasteiger partial charge in [0.15, 0.2) is 11.5 Å². The van der Waals surface area contributed by atoms with Crippen LogP contribution in [0.4, 0.5) is 4.39 Å². The summed E-state index contributed by atoms with van der Waals surface area (Å²) in [5.74, 6) is -2.13. The number of halogens is 2. The van der Waals surface area contributed by atoms with Gasteiger partial charge in [0.05, 0.1) is 11.1 Å². The fourth-order valence-corrected chi connectivity index (χ4v) is 6.81. The first kappa shape index (κ1) is 25.0. The molecule has 2 N–H and O–H groups in total. The molecule has 2 heterocycles. The molecule has 2 fully saturated rings. The molecule has 1 spiro atoms. The van der Waals surface area contributed by atoms with Crippen molar-refractivity contribution in [3.8, 4) is 5.75 Å². The van der Waals surface area contributed by atoms with Gasteiger partial charge in [-0.05, 0) is 49.5 Å². The van der Waals surface area contributed by atoms with Crippen LogP contribution in [0.25, 0.3) is 0 Å². The lowest BCUT2D eigenvalue weighted by atomic mass is 9.62. The van der Waals surface area contributed by atoms with E-state index in [0.717, 1.165) is 25.7 Å². The molecule has 5 rings (SSSR count). The van der Waals surface area contributed by atoms with E-state index in [1.54, 1.807) is 10.6 Å². The van der Waals surface area contributed by atoms with Gasteiger partial charge in [-0.3, -0.25) is 14.4 Å². The Kier molecular flexibility index (Phi) is 6.45. The van der Waals surface area contributed by atoms with Crippen LogP contribution >= 0.6 is 11.6 Å². The molecule has 2 aromatic rings. The van der Waals surface area contributed by atoms with Crippen molar-refractivity contribution in [3.63, 3.8) is 0 Å². The van der Waals surface area contributed by atoms with Crippen molar-refractivity contribution in [2.45, 2.75) is 58.7 Å². The van der Waals surface area contributed by atoms with Gasteiger partial charge in [0.2, 0.25) is 5.43 Å². The monoisotopic (exact) mass is 516 g/mol. The second-order valence-corrected chi connectivity index (χ2v) is 10.7. The Morgan fingerprint density at radius 1 is 1.31 bits per heavy atom. The van der Waals surface area contributed by atoms with E-state index in [4.69, 9.17) is 16.3 Å². The van der Waals surface area contributed by atoms with Crippen molar-refractivity contribution < 1.29 is 23.8 Å². The molecule has 1 amide bonds. The Morgan fingerprint density at radius 3 is 2.75 bits per heavy atom. The zero-order valence-electron chi connectivity index (χ0n) is 20.4. The third kappa shape index (κ3) is 3.95. The normalized spacial score (nSPS) is 28.2. The number of hydrogen-bond donors (Lipinski definition) is 2. The first-order valence-corrected chi connectivity index (χ1v) is 12.9. The summed E-state index contributed by atoms with van der Waals surface area (Å²) < 4.78 is 21.6. The molecule has 1 aromatic carbocycles. The number of carbonyl (C=O) groups excluding carboxylic acids is 2. The molecule has 192 valence electrons. The van der Waals surface area contributed by atoms with E-state index in [1.165, 1.54) is 18.3 Å². The largest absolute Gasteiger partial charge is 0.503 e. The molecule has 3 aliphatic rings. The Hall–Kier alpha value is -2.71. The summed E-state index contributed by atoms with van der Waals surface area (Å²) in [6, 6.07) is 4.44. The number of rotatable bonds is 7. The van der Waals surface area contributed by atoms with Crippen LogP contribution in [-0.2, 0) is 17.8 Å². The average Bonchev–Trinajstić information content (AvgIpc) is 3.55. The smallest absolute Gasteiger partial charge is 0.257 e. The topological polar surface area (TPSA) is 97.6 Å². The van der Waals surface area contributed by atoms with Gasteiger partial charge in [-0.25, -0.2) is 4.39 Å². The van der Waals surface area contributed by atoms with Crippen LogP contribution in [0.3, 0.4) is 0 Å². The lowest BCUT2D eigenvalue weighted by molar-refractivity contribution is -0.0985. The number of carbonyl (C=O) groups is 2. The molecular weight excluding hydrogens is 487 g/mol. The van der Waals surface area contributed by atoms with Crippen LogP contribution in [0.5, 0.6) is 5.75 Å². The van der Waals surface area contributed by atoms with Gasteiger partial charge in [-0.1, -0.05) is 37.1 Å². The first-order valence-electron chi connectivity index (χ1n) is 12.6. The van der Waals surface area contributed by atoms with Crippen molar-refractivity contribution >= 4 is 23.3 Å². The lowest BCUT2D eigenvalue weighted by Crippen LogP contribution is -2.47. The van der Waals surface area contributed by atoms with Crippen LogP contribution in [0.1, 0.15) is 65.9 Å². The van der Waals surface area contributed by atoms with E-state index >= 15 is 0 Å². The highest BCUT2D eigenvalue weighted by Gasteiger charge is 2.68. The van der Waals surface area contributed by atoms with Crippen molar-refractivity contribution in [3.05, 3.63) is 62.3 Å². The summed E-state index contributed by atoms with van der Waals surface area (Å²) in [6.45, 7) is 4.91. The number of Topliss-reactive ketones (excluding diaryl/α,β-unsaturated/α-hetero) is 1. The first-order chi connectivity index (χ1) is 17.2. The molecule has 36 heavy (non-hydrogen) atoms. The van der Waals surface area contributed by atoms with Crippen LogP contribution in [-0.4, -0.2) is 34.1 Å². The van der Waals surface area contributed by atoms with E-state index in [0.29, 0.717) is 13.2 Å². The number of amides is 1. The number of hydrogen-bond acceptors (Lipinski definition) is 5. The second-order valence-electron chi connectivity index (χ2n) is 10.3. The number of benzene rings is 1. The zero-order chi connectivity index (χ0) is 25.8. The predicted molar refractivity (Wildman–Crippen MR) is 132 cm³/mol. The quantitative estimate of drug-likeness (QED) is 0.571. The SMILES string of the molecule is CCCC1C2C(=O)c3c(O)c(=O)c(C(=O)NCc4cccc(Cl)c4F)cn3C[C@]3(C[C@H](OCC)C3)C12. The van der Waals surface area contributed by atoms with Crippen LogP contribution in [0, 0.1) is 29.0 Å². The molecule has 2 aliphatic carbocycles. The number of ketones is 1. The number of nitrogens with one attached hydrogen (secondary N) is 1.